The molecule has 2 rings (SSSR count). The number of ether oxygens (including phenoxy) is 2. The second-order valence-corrected chi connectivity index (χ2v) is 12.4. The lowest BCUT2D eigenvalue weighted by Gasteiger charge is -2.34. The van der Waals surface area contributed by atoms with Gasteiger partial charge in [-0.1, -0.05) is 93.4 Å². The molecule has 0 aromatic carbocycles. The molecule has 4 atom stereocenters. The van der Waals surface area contributed by atoms with Crippen molar-refractivity contribution in [1.29, 1.82) is 0 Å². The van der Waals surface area contributed by atoms with Gasteiger partial charge in [0.1, 0.15) is 6.10 Å². The van der Waals surface area contributed by atoms with E-state index in [1.165, 1.54) is 19.3 Å². The van der Waals surface area contributed by atoms with Crippen LogP contribution in [0.4, 0.5) is 0 Å². The van der Waals surface area contributed by atoms with Crippen LogP contribution in [-0.2, 0) is 23.9 Å². The SMILES string of the molecule is CCCCCCCCCC(=O)O[C@]1(C(=O)CCC(C)C)C(O)=C(C2OC2C(C)C)C(=O)[C@@H]1CCC(C)C. The summed E-state index contributed by atoms with van der Waals surface area (Å²) in [5, 5.41) is 11.6. The van der Waals surface area contributed by atoms with Crippen LogP contribution < -0.4 is 0 Å². The number of Topliss-reactive ketones (excluding diaryl/α,β-unsaturated/α-hetero) is 2. The van der Waals surface area contributed by atoms with Crippen molar-refractivity contribution >= 4 is 17.5 Å². The van der Waals surface area contributed by atoms with Crippen molar-refractivity contribution in [3.8, 4) is 0 Å². The zero-order valence-electron chi connectivity index (χ0n) is 24.4. The lowest BCUT2D eigenvalue weighted by Crippen LogP contribution is -2.50. The number of carbonyl (C=O) groups excluding carboxylic acids is 3. The average Bonchev–Trinajstić information content (AvgIpc) is 3.58. The second-order valence-electron chi connectivity index (χ2n) is 12.4. The number of rotatable bonds is 18. The fourth-order valence-corrected chi connectivity index (χ4v) is 5.39. The molecule has 0 aromatic heterocycles. The van der Waals surface area contributed by atoms with Gasteiger partial charge in [0.25, 0.3) is 0 Å². The van der Waals surface area contributed by atoms with Crippen LogP contribution in [0, 0.1) is 23.7 Å². The van der Waals surface area contributed by atoms with Gasteiger partial charge in [-0.3, -0.25) is 14.4 Å². The maximum absolute atomic E-state index is 13.8. The third kappa shape index (κ3) is 8.15. The highest BCUT2D eigenvalue weighted by Gasteiger charge is 2.65. The fourth-order valence-electron chi connectivity index (χ4n) is 5.39. The van der Waals surface area contributed by atoms with Crippen molar-refractivity contribution in [3.05, 3.63) is 11.3 Å². The summed E-state index contributed by atoms with van der Waals surface area (Å²) in [5.41, 5.74) is -1.78. The summed E-state index contributed by atoms with van der Waals surface area (Å²) in [7, 11) is 0. The molecule has 1 N–H and O–H groups in total. The normalized spacial score (nSPS) is 25.6. The van der Waals surface area contributed by atoms with E-state index in [1.807, 2.05) is 27.7 Å². The zero-order chi connectivity index (χ0) is 27.8. The van der Waals surface area contributed by atoms with Crippen LogP contribution in [0.2, 0.25) is 0 Å². The number of unbranched alkanes of at least 4 members (excludes halogenated alkanes) is 6. The van der Waals surface area contributed by atoms with Crippen LogP contribution in [0.5, 0.6) is 0 Å². The number of carbonyl (C=O) groups is 3. The highest BCUT2D eigenvalue weighted by Crippen LogP contribution is 2.50. The summed E-state index contributed by atoms with van der Waals surface area (Å²) in [6.07, 6.45) is 8.67. The Morgan fingerprint density at radius 3 is 2.05 bits per heavy atom. The molecule has 6 nitrogen and oxygen atoms in total. The Balaban J connectivity index is 2.32. The van der Waals surface area contributed by atoms with Crippen molar-refractivity contribution in [2.45, 2.75) is 143 Å². The smallest absolute Gasteiger partial charge is 0.307 e. The number of hydrogen-bond donors (Lipinski definition) is 1. The van der Waals surface area contributed by atoms with Gasteiger partial charge in [0, 0.05) is 12.8 Å². The Morgan fingerprint density at radius 1 is 0.919 bits per heavy atom. The molecule has 1 aliphatic carbocycles. The summed E-state index contributed by atoms with van der Waals surface area (Å²) < 4.78 is 11.8. The average molecular weight is 521 g/mol. The number of esters is 1. The third-order valence-electron chi connectivity index (χ3n) is 7.80. The maximum Gasteiger partial charge on any atom is 0.307 e. The minimum absolute atomic E-state index is 0.143. The standard InChI is InChI=1S/C31H52O6/c1-8-9-10-11-12-13-14-15-25(33)37-31(24(32)19-17-21(4)5)23(18-16-20(2)3)27(34)26(30(31)35)29-28(36-29)22(6)7/h20-23,28-29,35H,8-19H2,1-7H3/t23-,28?,29?,31+/m0/s1. The highest BCUT2D eigenvalue weighted by atomic mass is 16.6. The number of hydrogen-bond acceptors (Lipinski definition) is 6. The van der Waals surface area contributed by atoms with E-state index < -0.39 is 23.6 Å². The number of ketones is 2. The van der Waals surface area contributed by atoms with Gasteiger partial charge in [-0.2, -0.15) is 0 Å². The summed E-state index contributed by atoms with van der Waals surface area (Å²) in [6, 6.07) is 0. The third-order valence-corrected chi connectivity index (χ3v) is 7.80. The van der Waals surface area contributed by atoms with E-state index >= 15 is 0 Å². The van der Waals surface area contributed by atoms with Crippen LogP contribution >= 0.6 is 0 Å². The lowest BCUT2D eigenvalue weighted by atomic mass is 9.78. The second kappa shape index (κ2) is 14.5. The van der Waals surface area contributed by atoms with Gasteiger partial charge in [0.05, 0.1) is 17.6 Å². The molecule has 1 saturated heterocycles. The lowest BCUT2D eigenvalue weighted by molar-refractivity contribution is -0.173. The van der Waals surface area contributed by atoms with Crippen molar-refractivity contribution in [2.24, 2.45) is 23.7 Å². The fraction of sp³-hybridized carbons (Fsp3) is 0.839. The van der Waals surface area contributed by atoms with Gasteiger partial charge in [0.2, 0.25) is 5.60 Å². The van der Waals surface area contributed by atoms with Gasteiger partial charge in [-0.05, 0) is 37.0 Å². The quantitative estimate of drug-likeness (QED) is 0.116. The number of epoxide rings is 1. The topological polar surface area (TPSA) is 93.2 Å². The van der Waals surface area contributed by atoms with E-state index in [1.54, 1.807) is 0 Å². The summed E-state index contributed by atoms with van der Waals surface area (Å²) >= 11 is 0. The molecule has 37 heavy (non-hydrogen) atoms. The van der Waals surface area contributed by atoms with E-state index in [9.17, 15) is 19.5 Å². The Kier molecular flexibility index (Phi) is 12.3. The first kappa shape index (κ1) is 31.5. The molecule has 0 spiro atoms. The van der Waals surface area contributed by atoms with Crippen molar-refractivity contribution < 1.29 is 29.0 Å². The number of aliphatic hydroxyl groups is 1. The Labute approximate surface area is 224 Å². The molecule has 2 aliphatic rings. The van der Waals surface area contributed by atoms with Gasteiger partial charge in [-0.25, -0.2) is 0 Å². The van der Waals surface area contributed by atoms with Crippen LogP contribution in [0.1, 0.15) is 126 Å². The predicted octanol–water partition coefficient (Wildman–Crippen LogP) is 7.29. The maximum atomic E-state index is 13.8. The van der Waals surface area contributed by atoms with Gasteiger partial charge >= 0.3 is 5.97 Å². The minimum Gasteiger partial charge on any atom is -0.507 e. The Bertz CT molecular complexity index is 811. The van der Waals surface area contributed by atoms with E-state index in [4.69, 9.17) is 9.47 Å². The van der Waals surface area contributed by atoms with E-state index in [-0.39, 0.29) is 53.7 Å². The zero-order valence-corrected chi connectivity index (χ0v) is 24.4. The predicted molar refractivity (Wildman–Crippen MR) is 146 cm³/mol. The minimum atomic E-state index is -1.93. The van der Waals surface area contributed by atoms with E-state index in [2.05, 4.69) is 20.8 Å². The van der Waals surface area contributed by atoms with Crippen LogP contribution in [0.3, 0.4) is 0 Å². The molecule has 0 amide bonds. The molecule has 0 saturated carbocycles. The van der Waals surface area contributed by atoms with Crippen LogP contribution in [0.15, 0.2) is 11.3 Å². The van der Waals surface area contributed by atoms with Crippen molar-refractivity contribution in [2.75, 3.05) is 0 Å². The Hall–Kier alpha value is -1.69. The monoisotopic (exact) mass is 520 g/mol. The first-order valence-corrected chi connectivity index (χ1v) is 14.9. The summed E-state index contributed by atoms with van der Waals surface area (Å²) in [6.45, 7) is 14.3. The van der Waals surface area contributed by atoms with Crippen molar-refractivity contribution in [3.63, 3.8) is 0 Å². The highest BCUT2D eigenvalue weighted by molar-refractivity contribution is 6.11. The first-order chi connectivity index (χ1) is 17.5. The van der Waals surface area contributed by atoms with E-state index in [0.29, 0.717) is 31.6 Å². The molecule has 0 bridgehead atoms. The molecular formula is C31H52O6. The molecule has 1 aliphatic heterocycles. The Morgan fingerprint density at radius 2 is 1.51 bits per heavy atom. The van der Waals surface area contributed by atoms with Gasteiger partial charge < -0.3 is 14.6 Å². The molecule has 1 fully saturated rings. The largest absolute Gasteiger partial charge is 0.507 e. The molecule has 2 unspecified atom stereocenters. The van der Waals surface area contributed by atoms with Gasteiger partial charge in [-0.15, -0.1) is 0 Å². The summed E-state index contributed by atoms with van der Waals surface area (Å²) in [4.78, 5) is 40.7. The summed E-state index contributed by atoms with van der Waals surface area (Å²) in [5.74, 6) is -1.73. The molecule has 1 heterocycles. The van der Waals surface area contributed by atoms with Crippen LogP contribution in [0.25, 0.3) is 0 Å². The molecule has 212 valence electrons. The van der Waals surface area contributed by atoms with Gasteiger partial charge in [0.15, 0.2) is 17.3 Å². The first-order valence-electron chi connectivity index (χ1n) is 14.9. The van der Waals surface area contributed by atoms with Crippen molar-refractivity contribution in [1.82, 2.24) is 0 Å². The molecule has 0 radical (unpaired) electrons. The molecule has 0 aromatic rings. The van der Waals surface area contributed by atoms with Crippen LogP contribution in [-0.4, -0.2) is 40.5 Å². The molecular weight excluding hydrogens is 468 g/mol. The number of aliphatic hydroxyl groups excluding tert-OH is 1. The van der Waals surface area contributed by atoms with E-state index in [0.717, 1.165) is 19.3 Å². The molecule has 6 heteroatoms.